The maximum atomic E-state index is 3.48. The summed E-state index contributed by atoms with van der Waals surface area (Å²) in [6.45, 7) is 6.45. The zero-order valence-electron chi connectivity index (χ0n) is 12.3. The molecule has 2 aliphatic carbocycles. The second kappa shape index (κ2) is 5.13. The number of piperidine rings is 1. The highest BCUT2D eigenvalue weighted by Gasteiger charge is 2.42. The lowest BCUT2D eigenvalue weighted by molar-refractivity contribution is 0.0715. The van der Waals surface area contributed by atoms with Crippen LogP contribution in [0.15, 0.2) is 0 Å². The second-order valence-corrected chi connectivity index (χ2v) is 7.48. The Bertz CT molecular complexity index is 281. The summed E-state index contributed by atoms with van der Waals surface area (Å²) >= 11 is 0. The van der Waals surface area contributed by atoms with Crippen molar-refractivity contribution in [2.45, 2.75) is 57.9 Å². The van der Waals surface area contributed by atoms with Gasteiger partial charge in [-0.15, -0.1) is 0 Å². The standard InChI is InChI=1S/C16H30N2/c1-13-5-7-16(8-6-13,11-17-2)12-18-10-14-3-4-15(18)9-14/h13-15,17H,3-12H2,1-2H3. The Morgan fingerprint density at radius 1 is 1.17 bits per heavy atom. The van der Waals surface area contributed by atoms with Crippen LogP contribution in [0.5, 0.6) is 0 Å². The first-order chi connectivity index (χ1) is 8.71. The third-order valence-corrected chi connectivity index (χ3v) is 5.95. The van der Waals surface area contributed by atoms with Crippen LogP contribution in [0.25, 0.3) is 0 Å². The summed E-state index contributed by atoms with van der Waals surface area (Å²) in [6, 6.07) is 0.947. The van der Waals surface area contributed by atoms with Gasteiger partial charge in [-0.05, 0) is 56.4 Å². The molecule has 18 heavy (non-hydrogen) atoms. The van der Waals surface area contributed by atoms with Crippen molar-refractivity contribution in [2.24, 2.45) is 17.3 Å². The Balaban J connectivity index is 1.63. The van der Waals surface area contributed by atoms with Crippen molar-refractivity contribution < 1.29 is 0 Å². The third-order valence-electron chi connectivity index (χ3n) is 5.95. The van der Waals surface area contributed by atoms with E-state index in [0.29, 0.717) is 5.41 Å². The van der Waals surface area contributed by atoms with Gasteiger partial charge >= 0.3 is 0 Å². The molecule has 0 spiro atoms. The molecule has 2 nitrogen and oxygen atoms in total. The van der Waals surface area contributed by atoms with Crippen LogP contribution in [0.4, 0.5) is 0 Å². The molecule has 2 heteroatoms. The number of nitrogens with one attached hydrogen (secondary N) is 1. The molecule has 0 amide bonds. The molecule has 1 heterocycles. The summed E-state index contributed by atoms with van der Waals surface area (Å²) in [6.07, 6.45) is 10.3. The Labute approximate surface area is 113 Å². The van der Waals surface area contributed by atoms with Crippen molar-refractivity contribution in [3.8, 4) is 0 Å². The predicted octanol–water partition coefficient (Wildman–Crippen LogP) is 2.89. The Kier molecular flexibility index (Phi) is 3.68. The summed E-state index contributed by atoms with van der Waals surface area (Å²) in [5, 5.41) is 3.48. The van der Waals surface area contributed by atoms with Crippen molar-refractivity contribution in [1.82, 2.24) is 10.2 Å². The maximum absolute atomic E-state index is 3.48. The van der Waals surface area contributed by atoms with E-state index in [2.05, 4.69) is 24.2 Å². The zero-order chi connectivity index (χ0) is 12.6. The molecule has 2 saturated carbocycles. The molecule has 0 aromatic heterocycles. The van der Waals surface area contributed by atoms with E-state index in [1.807, 2.05) is 0 Å². The number of hydrogen-bond acceptors (Lipinski definition) is 2. The highest BCUT2D eigenvalue weighted by molar-refractivity contribution is 4.97. The normalized spacial score (nSPS) is 44.7. The van der Waals surface area contributed by atoms with Gasteiger partial charge in [0, 0.05) is 25.7 Å². The highest BCUT2D eigenvalue weighted by Crippen LogP contribution is 2.43. The number of hydrogen-bond donors (Lipinski definition) is 1. The average Bonchev–Trinajstić information content (AvgIpc) is 2.95. The van der Waals surface area contributed by atoms with Crippen molar-refractivity contribution in [3.05, 3.63) is 0 Å². The first-order valence-electron chi connectivity index (χ1n) is 8.09. The number of fused-ring (bicyclic) bond motifs is 2. The smallest absolute Gasteiger partial charge is 0.00988 e. The molecule has 3 fully saturated rings. The zero-order valence-corrected chi connectivity index (χ0v) is 12.3. The number of rotatable bonds is 4. The molecule has 1 saturated heterocycles. The van der Waals surface area contributed by atoms with Crippen LogP contribution >= 0.6 is 0 Å². The van der Waals surface area contributed by atoms with E-state index in [4.69, 9.17) is 0 Å². The van der Waals surface area contributed by atoms with Gasteiger partial charge in [0.05, 0.1) is 0 Å². The molecule has 0 aromatic carbocycles. The van der Waals surface area contributed by atoms with Gasteiger partial charge in [0.2, 0.25) is 0 Å². The SMILES string of the molecule is CNCC1(CN2CC3CCC2C3)CCC(C)CC1. The minimum absolute atomic E-state index is 0.589. The van der Waals surface area contributed by atoms with Crippen LogP contribution < -0.4 is 5.32 Å². The minimum atomic E-state index is 0.589. The largest absolute Gasteiger partial charge is 0.319 e. The van der Waals surface area contributed by atoms with Gasteiger partial charge in [0.15, 0.2) is 0 Å². The summed E-state index contributed by atoms with van der Waals surface area (Å²) < 4.78 is 0. The topological polar surface area (TPSA) is 15.3 Å². The van der Waals surface area contributed by atoms with Gasteiger partial charge in [-0.3, -0.25) is 4.90 Å². The first kappa shape index (κ1) is 12.9. The van der Waals surface area contributed by atoms with Gasteiger partial charge in [-0.2, -0.15) is 0 Å². The molecule has 2 unspecified atom stereocenters. The van der Waals surface area contributed by atoms with Crippen molar-refractivity contribution in [1.29, 1.82) is 0 Å². The van der Waals surface area contributed by atoms with Gasteiger partial charge < -0.3 is 5.32 Å². The van der Waals surface area contributed by atoms with Gasteiger partial charge in [0.25, 0.3) is 0 Å². The van der Waals surface area contributed by atoms with E-state index in [-0.39, 0.29) is 0 Å². The fourth-order valence-corrected chi connectivity index (χ4v) is 4.79. The van der Waals surface area contributed by atoms with E-state index >= 15 is 0 Å². The molecule has 104 valence electrons. The van der Waals surface area contributed by atoms with E-state index in [1.165, 1.54) is 64.6 Å². The van der Waals surface area contributed by atoms with Crippen LogP contribution in [-0.4, -0.2) is 37.6 Å². The molecule has 3 aliphatic rings. The highest BCUT2D eigenvalue weighted by atomic mass is 15.2. The molecule has 0 aromatic rings. The van der Waals surface area contributed by atoms with Crippen molar-refractivity contribution in [3.63, 3.8) is 0 Å². The molecule has 1 aliphatic heterocycles. The Hall–Kier alpha value is -0.0800. The lowest BCUT2D eigenvalue weighted by Crippen LogP contribution is -2.47. The Morgan fingerprint density at radius 2 is 1.94 bits per heavy atom. The maximum Gasteiger partial charge on any atom is 0.00988 e. The summed E-state index contributed by atoms with van der Waals surface area (Å²) in [5.74, 6) is 2.01. The van der Waals surface area contributed by atoms with Crippen molar-refractivity contribution in [2.75, 3.05) is 26.7 Å². The van der Waals surface area contributed by atoms with Crippen molar-refractivity contribution >= 4 is 0 Å². The predicted molar refractivity (Wildman–Crippen MR) is 76.7 cm³/mol. The summed E-state index contributed by atoms with van der Waals surface area (Å²) in [4.78, 5) is 2.85. The lowest BCUT2D eigenvalue weighted by Gasteiger charge is -2.44. The molecular formula is C16H30N2. The molecule has 0 radical (unpaired) electrons. The van der Waals surface area contributed by atoms with E-state index < -0.39 is 0 Å². The Morgan fingerprint density at radius 3 is 2.50 bits per heavy atom. The molecule has 2 atom stereocenters. The van der Waals surface area contributed by atoms with Gasteiger partial charge in [-0.1, -0.05) is 19.8 Å². The quantitative estimate of drug-likeness (QED) is 0.825. The molecule has 2 bridgehead atoms. The number of nitrogens with zero attached hydrogens (tertiary/aromatic N) is 1. The number of likely N-dealkylation sites (tertiary alicyclic amines) is 1. The van der Waals surface area contributed by atoms with Gasteiger partial charge in [0.1, 0.15) is 0 Å². The fourth-order valence-electron chi connectivity index (χ4n) is 4.79. The average molecular weight is 250 g/mol. The first-order valence-corrected chi connectivity index (χ1v) is 8.09. The summed E-state index contributed by atoms with van der Waals surface area (Å²) in [5.41, 5.74) is 0.589. The van der Waals surface area contributed by atoms with Crippen LogP contribution in [-0.2, 0) is 0 Å². The van der Waals surface area contributed by atoms with Crippen LogP contribution in [0, 0.1) is 17.3 Å². The third kappa shape index (κ3) is 2.46. The van der Waals surface area contributed by atoms with E-state index in [9.17, 15) is 0 Å². The molecule has 3 rings (SSSR count). The van der Waals surface area contributed by atoms with E-state index in [1.54, 1.807) is 0 Å². The molecule has 1 N–H and O–H groups in total. The monoisotopic (exact) mass is 250 g/mol. The lowest BCUT2D eigenvalue weighted by atomic mass is 9.70. The van der Waals surface area contributed by atoms with Crippen LogP contribution in [0.1, 0.15) is 51.9 Å². The second-order valence-electron chi connectivity index (χ2n) is 7.48. The van der Waals surface area contributed by atoms with E-state index in [0.717, 1.165) is 17.9 Å². The minimum Gasteiger partial charge on any atom is -0.319 e. The fraction of sp³-hybridized carbons (Fsp3) is 1.00. The summed E-state index contributed by atoms with van der Waals surface area (Å²) in [7, 11) is 2.13. The van der Waals surface area contributed by atoms with Crippen LogP contribution in [0.2, 0.25) is 0 Å². The van der Waals surface area contributed by atoms with Crippen LogP contribution in [0.3, 0.4) is 0 Å². The van der Waals surface area contributed by atoms with Gasteiger partial charge in [-0.25, -0.2) is 0 Å². The molecular weight excluding hydrogens is 220 g/mol.